The molecule has 0 aromatic heterocycles. The van der Waals surface area contributed by atoms with Crippen LogP contribution in [0.4, 0.5) is 0 Å². The van der Waals surface area contributed by atoms with Crippen molar-refractivity contribution in [1.82, 2.24) is 4.90 Å². The maximum Gasteiger partial charge on any atom is 0.273 e. The van der Waals surface area contributed by atoms with Gasteiger partial charge in [-0.15, -0.1) is 0 Å². The molecule has 0 bridgehead atoms. The van der Waals surface area contributed by atoms with Crippen molar-refractivity contribution in [2.45, 2.75) is 45.4 Å². The number of carbonyl (C=O) groups is 2. The predicted octanol–water partition coefficient (Wildman–Crippen LogP) is 4.37. The first-order chi connectivity index (χ1) is 11.6. The zero-order chi connectivity index (χ0) is 17.5. The van der Waals surface area contributed by atoms with E-state index in [0.29, 0.717) is 17.9 Å². The number of nitrogens with zero attached hydrogens (tertiary/aromatic N) is 1. The summed E-state index contributed by atoms with van der Waals surface area (Å²) in [6.45, 7) is 2.61. The number of amides is 2. The molecule has 1 aromatic carbocycles. The molecule has 2 amide bonds. The largest absolute Gasteiger partial charge is 0.497 e. The van der Waals surface area contributed by atoms with Crippen LogP contribution in [0.15, 0.2) is 29.3 Å². The molecular formula is C19H24ClNO3. The van der Waals surface area contributed by atoms with Gasteiger partial charge >= 0.3 is 0 Å². The monoisotopic (exact) mass is 349 g/mol. The summed E-state index contributed by atoms with van der Waals surface area (Å²) in [5, 5.41) is 0.0103. The molecule has 0 spiro atoms. The molecule has 4 nitrogen and oxygen atoms in total. The Labute approximate surface area is 148 Å². The van der Waals surface area contributed by atoms with Crippen molar-refractivity contribution >= 4 is 29.0 Å². The zero-order valence-corrected chi connectivity index (χ0v) is 15.1. The summed E-state index contributed by atoms with van der Waals surface area (Å²) in [7, 11) is 1.58. The third-order valence-electron chi connectivity index (χ3n) is 4.23. The summed E-state index contributed by atoms with van der Waals surface area (Å²) >= 11 is 6.14. The van der Waals surface area contributed by atoms with Crippen molar-refractivity contribution in [3.8, 4) is 5.75 Å². The third-order valence-corrected chi connectivity index (χ3v) is 4.58. The average Bonchev–Trinajstić information content (AvgIpc) is 2.81. The van der Waals surface area contributed by atoms with Crippen molar-refractivity contribution in [2.75, 3.05) is 13.7 Å². The standard InChI is InChI=1S/C19H24ClNO3/c1-3-4-5-6-7-8-13-21-18(22)16(17(20)19(21)23)14-9-11-15(24-2)12-10-14/h9-12H,3-8,13H2,1-2H3. The fourth-order valence-corrected chi connectivity index (χ4v) is 3.10. The molecule has 0 aliphatic carbocycles. The zero-order valence-electron chi connectivity index (χ0n) is 14.3. The second-order valence-electron chi connectivity index (χ2n) is 5.95. The van der Waals surface area contributed by atoms with Crippen molar-refractivity contribution < 1.29 is 14.3 Å². The highest BCUT2D eigenvalue weighted by molar-refractivity contribution is 6.55. The van der Waals surface area contributed by atoms with E-state index in [1.54, 1.807) is 31.4 Å². The molecule has 1 aromatic rings. The second kappa shape index (κ2) is 8.88. The number of rotatable bonds is 9. The Morgan fingerprint density at radius 2 is 1.58 bits per heavy atom. The fourth-order valence-electron chi connectivity index (χ4n) is 2.81. The van der Waals surface area contributed by atoms with Crippen LogP contribution >= 0.6 is 11.6 Å². The number of halogens is 1. The van der Waals surface area contributed by atoms with Crippen LogP contribution in [0.25, 0.3) is 5.57 Å². The number of methoxy groups -OCH3 is 1. The van der Waals surface area contributed by atoms with Crippen LogP contribution in [0, 0.1) is 0 Å². The maximum atomic E-state index is 12.6. The first-order valence-electron chi connectivity index (χ1n) is 8.50. The van der Waals surface area contributed by atoms with Gasteiger partial charge in [0, 0.05) is 6.54 Å². The Bertz CT molecular complexity index is 622. The van der Waals surface area contributed by atoms with Gasteiger partial charge in [0.2, 0.25) is 0 Å². The summed E-state index contributed by atoms with van der Waals surface area (Å²) in [6.07, 6.45) is 6.61. The number of hydrogen-bond acceptors (Lipinski definition) is 3. The van der Waals surface area contributed by atoms with E-state index in [9.17, 15) is 9.59 Å². The van der Waals surface area contributed by atoms with Gasteiger partial charge in [-0.3, -0.25) is 14.5 Å². The fraction of sp³-hybridized carbons (Fsp3) is 0.474. The third kappa shape index (κ3) is 4.18. The molecule has 1 heterocycles. The minimum Gasteiger partial charge on any atom is -0.497 e. The van der Waals surface area contributed by atoms with E-state index in [0.717, 1.165) is 19.3 Å². The molecule has 0 N–H and O–H groups in total. The van der Waals surface area contributed by atoms with Crippen molar-refractivity contribution in [1.29, 1.82) is 0 Å². The predicted molar refractivity (Wildman–Crippen MR) is 95.9 cm³/mol. The molecule has 24 heavy (non-hydrogen) atoms. The quantitative estimate of drug-likeness (QED) is 0.491. The Hall–Kier alpha value is -1.81. The van der Waals surface area contributed by atoms with Crippen molar-refractivity contribution in [3.05, 3.63) is 34.9 Å². The molecule has 1 aliphatic heterocycles. The van der Waals surface area contributed by atoms with Gasteiger partial charge in [0.25, 0.3) is 11.8 Å². The van der Waals surface area contributed by atoms with Gasteiger partial charge in [-0.2, -0.15) is 0 Å². The SMILES string of the molecule is CCCCCCCCN1C(=O)C(Cl)=C(c2ccc(OC)cc2)C1=O. The van der Waals surface area contributed by atoms with Gasteiger partial charge in [-0.05, 0) is 24.1 Å². The highest BCUT2D eigenvalue weighted by atomic mass is 35.5. The molecule has 1 aliphatic rings. The smallest absolute Gasteiger partial charge is 0.273 e. The van der Waals surface area contributed by atoms with Crippen LogP contribution in [-0.2, 0) is 9.59 Å². The van der Waals surface area contributed by atoms with Gasteiger partial charge in [0.1, 0.15) is 10.8 Å². The molecule has 5 heteroatoms. The van der Waals surface area contributed by atoms with Crippen LogP contribution in [0.2, 0.25) is 0 Å². The number of imide groups is 1. The van der Waals surface area contributed by atoms with Crippen LogP contribution in [-0.4, -0.2) is 30.4 Å². The van der Waals surface area contributed by atoms with E-state index in [2.05, 4.69) is 6.92 Å². The summed E-state index contributed by atoms with van der Waals surface area (Å²) in [5.41, 5.74) is 0.930. The van der Waals surface area contributed by atoms with E-state index >= 15 is 0 Å². The molecule has 0 atom stereocenters. The van der Waals surface area contributed by atoms with Crippen LogP contribution < -0.4 is 4.74 Å². The summed E-state index contributed by atoms with van der Waals surface area (Å²) in [5.74, 6) is 0.000878. The molecule has 0 fully saturated rings. The molecule has 0 saturated carbocycles. The van der Waals surface area contributed by atoms with Crippen LogP contribution in [0.5, 0.6) is 5.75 Å². The minimum absolute atomic E-state index is 0.0103. The van der Waals surface area contributed by atoms with Crippen LogP contribution in [0.1, 0.15) is 51.0 Å². The highest BCUT2D eigenvalue weighted by Crippen LogP contribution is 2.32. The molecule has 0 saturated heterocycles. The molecule has 0 radical (unpaired) electrons. The number of unbranched alkanes of at least 4 members (excludes halogenated alkanes) is 5. The van der Waals surface area contributed by atoms with E-state index in [4.69, 9.17) is 16.3 Å². The van der Waals surface area contributed by atoms with E-state index in [1.165, 1.54) is 24.2 Å². The topological polar surface area (TPSA) is 46.6 Å². The Morgan fingerprint density at radius 3 is 2.21 bits per heavy atom. The first kappa shape index (κ1) is 18.5. The summed E-state index contributed by atoms with van der Waals surface area (Å²) in [4.78, 5) is 26.1. The molecule has 0 unspecified atom stereocenters. The normalized spacial score (nSPS) is 14.7. The number of benzene rings is 1. The summed E-state index contributed by atoms with van der Waals surface area (Å²) in [6, 6.07) is 6.99. The molecular weight excluding hydrogens is 326 g/mol. The van der Waals surface area contributed by atoms with E-state index in [1.807, 2.05) is 0 Å². The Kier molecular flexibility index (Phi) is 6.85. The number of hydrogen-bond donors (Lipinski definition) is 0. The highest BCUT2D eigenvalue weighted by Gasteiger charge is 2.37. The van der Waals surface area contributed by atoms with Gasteiger partial charge in [0.05, 0.1) is 12.7 Å². The Morgan fingerprint density at radius 1 is 0.958 bits per heavy atom. The lowest BCUT2D eigenvalue weighted by Gasteiger charge is -2.14. The second-order valence-corrected chi connectivity index (χ2v) is 6.33. The Balaban J connectivity index is 1.98. The average molecular weight is 350 g/mol. The minimum atomic E-state index is -0.388. The number of carbonyl (C=O) groups excluding carboxylic acids is 2. The summed E-state index contributed by atoms with van der Waals surface area (Å²) < 4.78 is 5.11. The lowest BCUT2D eigenvalue weighted by atomic mass is 10.1. The van der Waals surface area contributed by atoms with Crippen molar-refractivity contribution in [3.63, 3.8) is 0 Å². The van der Waals surface area contributed by atoms with Crippen LogP contribution in [0.3, 0.4) is 0 Å². The van der Waals surface area contributed by atoms with Gasteiger partial charge in [-0.25, -0.2) is 0 Å². The lowest BCUT2D eigenvalue weighted by Crippen LogP contribution is -2.32. The van der Waals surface area contributed by atoms with Gasteiger partial charge in [-0.1, -0.05) is 62.8 Å². The number of ether oxygens (including phenoxy) is 1. The molecule has 2 rings (SSSR count). The van der Waals surface area contributed by atoms with Gasteiger partial charge < -0.3 is 4.74 Å². The van der Waals surface area contributed by atoms with Crippen molar-refractivity contribution in [2.24, 2.45) is 0 Å². The lowest BCUT2D eigenvalue weighted by molar-refractivity contribution is -0.136. The van der Waals surface area contributed by atoms with E-state index in [-0.39, 0.29) is 22.4 Å². The first-order valence-corrected chi connectivity index (χ1v) is 8.88. The van der Waals surface area contributed by atoms with E-state index < -0.39 is 0 Å². The molecule has 130 valence electrons. The van der Waals surface area contributed by atoms with Gasteiger partial charge in [0.15, 0.2) is 0 Å². The maximum absolute atomic E-state index is 12.6.